The average molecular weight is 163 g/mol. The van der Waals surface area contributed by atoms with E-state index in [0.29, 0.717) is 0 Å². The van der Waals surface area contributed by atoms with Crippen LogP contribution in [-0.4, -0.2) is 4.57 Å². The van der Waals surface area contributed by atoms with E-state index in [4.69, 9.17) is 0 Å². The lowest BCUT2D eigenvalue weighted by Crippen LogP contribution is -2.19. The highest BCUT2D eigenvalue weighted by Crippen LogP contribution is 2.28. The third kappa shape index (κ3) is 1.28. The Hall–Kier alpha value is -0.720. The summed E-state index contributed by atoms with van der Waals surface area (Å²) in [6.45, 7) is 5.65. The van der Waals surface area contributed by atoms with Crippen molar-refractivity contribution >= 4 is 0 Å². The van der Waals surface area contributed by atoms with E-state index in [-0.39, 0.29) is 0 Å². The first kappa shape index (κ1) is 7.90. The largest absolute Gasteiger partial charge is 0.349 e. The first-order valence-corrected chi connectivity index (χ1v) is 4.90. The van der Waals surface area contributed by atoms with Crippen LogP contribution in [0.3, 0.4) is 0 Å². The summed E-state index contributed by atoms with van der Waals surface area (Å²) in [7, 11) is 0. The second kappa shape index (κ2) is 2.96. The zero-order valence-corrected chi connectivity index (χ0v) is 8.01. The van der Waals surface area contributed by atoms with Crippen molar-refractivity contribution in [3.05, 3.63) is 23.5 Å². The molecule has 1 aromatic rings. The zero-order chi connectivity index (χ0) is 8.55. The average Bonchev–Trinajstić information content (AvgIpc) is 2.25. The van der Waals surface area contributed by atoms with Gasteiger partial charge in [-0.25, -0.2) is 0 Å². The molecule has 66 valence electrons. The number of hydrogen-bond donors (Lipinski definition) is 0. The molecule has 0 aliphatic heterocycles. The van der Waals surface area contributed by atoms with Gasteiger partial charge in [0, 0.05) is 17.9 Å². The molecule has 1 saturated carbocycles. The molecule has 0 unspecified atom stereocenters. The van der Waals surface area contributed by atoms with Crippen LogP contribution in [0.5, 0.6) is 0 Å². The van der Waals surface area contributed by atoms with Gasteiger partial charge in [0.2, 0.25) is 0 Å². The molecule has 0 saturated heterocycles. The van der Waals surface area contributed by atoms with Crippen molar-refractivity contribution in [3.8, 4) is 0 Å². The number of aromatic nitrogens is 1. The first-order valence-electron chi connectivity index (χ1n) is 4.90. The Morgan fingerprint density at radius 1 is 1.25 bits per heavy atom. The molecule has 1 aliphatic carbocycles. The summed E-state index contributed by atoms with van der Waals surface area (Å²) in [6, 6.07) is 4.43. The van der Waals surface area contributed by atoms with E-state index in [9.17, 15) is 0 Å². The molecule has 1 fully saturated rings. The van der Waals surface area contributed by atoms with Gasteiger partial charge < -0.3 is 4.57 Å². The highest BCUT2D eigenvalue weighted by molar-refractivity contribution is 5.13. The van der Waals surface area contributed by atoms with Crippen LogP contribution in [0.2, 0.25) is 0 Å². The van der Waals surface area contributed by atoms with Gasteiger partial charge in [0.15, 0.2) is 0 Å². The summed E-state index contributed by atoms with van der Waals surface area (Å²) in [4.78, 5) is 0. The van der Waals surface area contributed by atoms with Gasteiger partial charge in [-0.3, -0.25) is 0 Å². The molecule has 0 bridgehead atoms. The van der Waals surface area contributed by atoms with Crippen molar-refractivity contribution in [1.29, 1.82) is 0 Å². The fourth-order valence-electron chi connectivity index (χ4n) is 1.92. The lowest BCUT2D eigenvalue weighted by atomic mass is 9.85. The van der Waals surface area contributed by atoms with Crippen molar-refractivity contribution in [1.82, 2.24) is 4.57 Å². The molecule has 0 N–H and O–H groups in total. The van der Waals surface area contributed by atoms with E-state index in [1.165, 1.54) is 37.2 Å². The van der Waals surface area contributed by atoms with Crippen LogP contribution in [0.25, 0.3) is 0 Å². The smallest absolute Gasteiger partial charge is 0.0252 e. The van der Waals surface area contributed by atoms with Gasteiger partial charge in [-0.15, -0.1) is 0 Å². The van der Waals surface area contributed by atoms with E-state index in [2.05, 4.69) is 30.5 Å². The monoisotopic (exact) mass is 163 g/mol. The predicted molar refractivity (Wildman–Crippen MR) is 51.2 cm³/mol. The highest BCUT2D eigenvalue weighted by Gasteiger charge is 2.18. The maximum absolute atomic E-state index is 2.45. The van der Waals surface area contributed by atoms with Gasteiger partial charge in [-0.1, -0.05) is 6.42 Å². The van der Waals surface area contributed by atoms with E-state index in [0.717, 1.165) is 5.92 Å². The van der Waals surface area contributed by atoms with Crippen molar-refractivity contribution in [3.63, 3.8) is 0 Å². The van der Waals surface area contributed by atoms with Crippen LogP contribution >= 0.6 is 0 Å². The van der Waals surface area contributed by atoms with Gasteiger partial charge in [0.1, 0.15) is 0 Å². The summed E-state index contributed by atoms with van der Waals surface area (Å²) >= 11 is 0. The lowest BCUT2D eigenvalue weighted by Gasteiger charge is -2.27. The highest BCUT2D eigenvalue weighted by atomic mass is 15.0. The second-order valence-electron chi connectivity index (χ2n) is 4.02. The van der Waals surface area contributed by atoms with Crippen LogP contribution in [0.15, 0.2) is 12.1 Å². The molecule has 12 heavy (non-hydrogen) atoms. The van der Waals surface area contributed by atoms with Gasteiger partial charge in [0.05, 0.1) is 0 Å². The van der Waals surface area contributed by atoms with E-state index >= 15 is 0 Å². The molecule has 1 heterocycles. The Balaban J connectivity index is 2.10. The van der Waals surface area contributed by atoms with Crippen LogP contribution < -0.4 is 0 Å². The minimum atomic E-state index is 0.967. The van der Waals surface area contributed by atoms with Crippen molar-refractivity contribution < 1.29 is 0 Å². The molecule has 0 amide bonds. The summed E-state index contributed by atoms with van der Waals surface area (Å²) in [5.74, 6) is 0.967. The van der Waals surface area contributed by atoms with Crippen molar-refractivity contribution in [2.45, 2.75) is 39.7 Å². The molecule has 0 atom stereocenters. The molecule has 1 aliphatic rings. The Morgan fingerprint density at radius 3 is 2.25 bits per heavy atom. The van der Waals surface area contributed by atoms with Gasteiger partial charge in [0.25, 0.3) is 0 Å². The molecule has 1 heteroatoms. The number of aryl methyl sites for hydroxylation is 2. The molecule has 0 aromatic carbocycles. The quantitative estimate of drug-likeness (QED) is 0.631. The summed E-state index contributed by atoms with van der Waals surface area (Å²) in [5, 5.41) is 0. The normalized spacial score (nSPS) is 17.8. The van der Waals surface area contributed by atoms with Gasteiger partial charge in [-0.2, -0.15) is 0 Å². The molecular weight excluding hydrogens is 146 g/mol. The Kier molecular flexibility index (Phi) is 1.95. The third-order valence-corrected chi connectivity index (χ3v) is 3.08. The topological polar surface area (TPSA) is 4.93 Å². The minimum absolute atomic E-state index is 0.967. The fraction of sp³-hybridized carbons (Fsp3) is 0.636. The van der Waals surface area contributed by atoms with Gasteiger partial charge >= 0.3 is 0 Å². The van der Waals surface area contributed by atoms with Gasteiger partial charge in [-0.05, 0) is 44.7 Å². The van der Waals surface area contributed by atoms with Crippen LogP contribution in [0.4, 0.5) is 0 Å². The zero-order valence-electron chi connectivity index (χ0n) is 8.01. The summed E-state index contributed by atoms with van der Waals surface area (Å²) in [5.41, 5.74) is 2.83. The van der Waals surface area contributed by atoms with Crippen molar-refractivity contribution in [2.24, 2.45) is 5.92 Å². The van der Waals surface area contributed by atoms with Crippen molar-refractivity contribution in [2.75, 3.05) is 0 Å². The Morgan fingerprint density at radius 2 is 1.83 bits per heavy atom. The third-order valence-electron chi connectivity index (χ3n) is 3.08. The van der Waals surface area contributed by atoms with Crippen LogP contribution in [0, 0.1) is 19.8 Å². The maximum Gasteiger partial charge on any atom is 0.0252 e. The van der Waals surface area contributed by atoms with Crippen LogP contribution in [0.1, 0.15) is 30.7 Å². The number of hydrogen-bond acceptors (Lipinski definition) is 0. The fourth-order valence-corrected chi connectivity index (χ4v) is 1.92. The molecule has 0 radical (unpaired) electrons. The molecular formula is C11H17N. The first-order chi connectivity index (χ1) is 5.77. The number of nitrogens with zero attached hydrogens (tertiary/aromatic N) is 1. The SMILES string of the molecule is Cc1ccc(C)n1CC1CCC1. The van der Waals surface area contributed by atoms with E-state index in [1.54, 1.807) is 0 Å². The second-order valence-corrected chi connectivity index (χ2v) is 4.02. The lowest BCUT2D eigenvalue weighted by molar-refractivity contribution is 0.273. The predicted octanol–water partition coefficient (Wildman–Crippen LogP) is 2.91. The Labute approximate surface area is 74.4 Å². The molecule has 1 nitrogen and oxygen atoms in total. The number of rotatable bonds is 2. The minimum Gasteiger partial charge on any atom is -0.349 e. The molecule has 2 rings (SSSR count). The summed E-state index contributed by atoms with van der Waals surface area (Å²) in [6.07, 6.45) is 4.33. The Bertz CT molecular complexity index is 249. The standard InChI is InChI=1S/C11H17N/c1-9-6-7-10(2)12(9)8-11-4-3-5-11/h6-7,11H,3-5,8H2,1-2H3. The van der Waals surface area contributed by atoms with Crippen LogP contribution in [-0.2, 0) is 6.54 Å². The summed E-state index contributed by atoms with van der Waals surface area (Å²) < 4.78 is 2.45. The van der Waals surface area contributed by atoms with E-state index in [1.807, 2.05) is 0 Å². The van der Waals surface area contributed by atoms with E-state index < -0.39 is 0 Å². The molecule has 1 aromatic heterocycles. The molecule has 0 spiro atoms. The maximum atomic E-state index is 2.45.